The molecule has 27 heavy (non-hydrogen) atoms. The molecule has 0 unspecified atom stereocenters. The number of amides is 2. The first-order valence-corrected chi connectivity index (χ1v) is 10.7. The molecule has 4 fully saturated rings. The van der Waals surface area contributed by atoms with Crippen molar-refractivity contribution in [3.63, 3.8) is 0 Å². The van der Waals surface area contributed by atoms with E-state index in [0.29, 0.717) is 25.9 Å². The van der Waals surface area contributed by atoms with Gasteiger partial charge in [0.2, 0.25) is 11.8 Å². The Labute approximate surface area is 162 Å². The molecule has 1 aliphatic carbocycles. The summed E-state index contributed by atoms with van der Waals surface area (Å²) in [6.45, 7) is 8.14. The lowest BCUT2D eigenvalue weighted by Crippen LogP contribution is -2.44. The summed E-state index contributed by atoms with van der Waals surface area (Å²) in [5, 5.41) is 9.66. The van der Waals surface area contributed by atoms with Gasteiger partial charge in [0.25, 0.3) is 0 Å². The van der Waals surface area contributed by atoms with Crippen LogP contribution < -0.4 is 0 Å². The summed E-state index contributed by atoms with van der Waals surface area (Å²) < 4.78 is 0. The molecule has 0 aromatic heterocycles. The topological polar surface area (TPSA) is 67.7 Å². The lowest BCUT2D eigenvalue weighted by molar-refractivity contribution is -0.140. The molecule has 3 aliphatic heterocycles. The minimum Gasteiger partial charge on any atom is -0.341 e. The van der Waals surface area contributed by atoms with Gasteiger partial charge in [-0.15, -0.1) is 0 Å². The maximum absolute atomic E-state index is 13.3. The van der Waals surface area contributed by atoms with Gasteiger partial charge in [0.05, 0.1) is 11.5 Å². The molecule has 2 atom stereocenters. The van der Waals surface area contributed by atoms with Gasteiger partial charge < -0.3 is 14.7 Å². The Morgan fingerprint density at radius 2 is 1.81 bits per heavy atom. The minimum atomic E-state index is -0.831. The first kappa shape index (κ1) is 18.7. The number of hydrogen-bond acceptors (Lipinski definition) is 4. The van der Waals surface area contributed by atoms with Crippen molar-refractivity contribution in [1.82, 2.24) is 14.7 Å². The molecule has 0 aromatic rings. The highest BCUT2D eigenvalue weighted by Crippen LogP contribution is 2.47. The molecule has 6 nitrogen and oxygen atoms in total. The second kappa shape index (κ2) is 7.09. The number of carbonyl (C=O) groups excluding carboxylic acids is 2. The zero-order valence-corrected chi connectivity index (χ0v) is 16.6. The molecule has 4 aliphatic rings. The van der Waals surface area contributed by atoms with Gasteiger partial charge in [0.15, 0.2) is 0 Å². The van der Waals surface area contributed by atoms with E-state index in [2.05, 4.69) is 17.9 Å². The van der Waals surface area contributed by atoms with Crippen molar-refractivity contribution in [2.24, 2.45) is 16.7 Å². The van der Waals surface area contributed by atoms with Crippen LogP contribution >= 0.6 is 0 Å². The minimum absolute atomic E-state index is 0.0189. The van der Waals surface area contributed by atoms with Crippen LogP contribution in [-0.4, -0.2) is 72.3 Å². The maximum atomic E-state index is 13.3. The Morgan fingerprint density at radius 1 is 1.11 bits per heavy atom. The van der Waals surface area contributed by atoms with E-state index in [-0.39, 0.29) is 17.7 Å². The van der Waals surface area contributed by atoms with Crippen LogP contribution in [0.3, 0.4) is 0 Å². The van der Waals surface area contributed by atoms with Crippen molar-refractivity contribution in [2.75, 3.05) is 45.8 Å². The predicted octanol–water partition coefficient (Wildman–Crippen LogP) is 1.86. The fraction of sp³-hybridized carbons (Fsp3) is 0.857. The smallest absolute Gasteiger partial charge is 0.243 e. The van der Waals surface area contributed by atoms with Crippen LogP contribution in [0.1, 0.15) is 51.9 Å². The first-order chi connectivity index (χ1) is 13.0. The van der Waals surface area contributed by atoms with Gasteiger partial charge >= 0.3 is 0 Å². The van der Waals surface area contributed by atoms with E-state index in [9.17, 15) is 14.9 Å². The average Bonchev–Trinajstić information content (AvgIpc) is 3.45. The quantitative estimate of drug-likeness (QED) is 0.755. The lowest BCUT2D eigenvalue weighted by atomic mass is 9.77. The zero-order chi connectivity index (χ0) is 19.1. The van der Waals surface area contributed by atoms with E-state index < -0.39 is 10.8 Å². The fourth-order valence-corrected chi connectivity index (χ4v) is 5.82. The molecule has 3 saturated heterocycles. The third-order valence-electron chi connectivity index (χ3n) is 7.70. The molecular formula is C21H32N4O2. The second-order valence-electron chi connectivity index (χ2n) is 9.23. The van der Waals surface area contributed by atoms with E-state index in [4.69, 9.17) is 0 Å². The number of nitrogens with zero attached hydrogens (tertiary/aromatic N) is 4. The van der Waals surface area contributed by atoms with E-state index >= 15 is 0 Å². The van der Waals surface area contributed by atoms with Crippen LogP contribution in [0.2, 0.25) is 0 Å². The van der Waals surface area contributed by atoms with Crippen molar-refractivity contribution in [3.05, 3.63) is 0 Å². The SMILES string of the molecule is C[C@@H]1CN(C(=O)C2(C#N)CCCC2)C[C@]12CCN(CCN1CCCC1)C2=O. The molecule has 0 radical (unpaired) electrons. The molecule has 1 spiro atoms. The summed E-state index contributed by atoms with van der Waals surface area (Å²) in [6, 6.07) is 2.33. The van der Waals surface area contributed by atoms with Crippen molar-refractivity contribution < 1.29 is 9.59 Å². The van der Waals surface area contributed by atoms with Crippen LogP contribution in [0.25, 0.3) is 0 Å². The third-order valence-corrected chi connectivity index (χ3v) is 7.70. The van der Waals surface area contributed by atoms with Crippen molar-refractivity contribution in [2.45, 2.75) is 51.9 Å². The van der Waals surface area contributed by atoms with Crippen molar-refractivity contribution in [1.29, 1.82) is 5.26 Å². The van der Waals surface area contributed by atoms with Crippen LogP contribution in [-0.2, 0) is 9.59 Å². The van der Waals surface area contributed by atoms with Gasteiger partial charge in [-0.3, -0.25) is 9.59 Å². The molecule has 0 bridgehead atoms. The van der Waals surface area contributed by atoms with E-state index in [1.165, 1.54) is 12.8 Å². The van der Waals surface area contributed by atoms with Crippen LogP contribution in [0, 0.1) is 28.1 Å². The molecule has 148 valence electrons. The number of hydrogen-bond donors (Lipinski definition) is 0. The number of carbonyl (C=O) groups is 2. The van der Waals surface area contributed by atoms with Gasteiger partial charge in [-0.2, -0.15) is 5.26 Å². The highest BCUT2D eigenvalue weighted by atomic mass is 16.2. The Balaban J connectivity index is 1.42. The monoisotopic (exact) mass is 372 g/mol. The summed E-state index contributed by atoms with van der Waals surface area (Å²) >= 11 is 0. The Kier molecular flexibility index (Phi) is 4.92. The third kappa shape index (κ3) is 3.04. The van der Waals surface area contributed by atoms with Crippen LogP contribution in [0.15, 0.2) is 0 Å². The number of likely N-dealkylation sites (tertiary alicyclic amines) is 3. The van der Waals surface area contributed by atoms with Crippen molar-refractivity contribution in [3.8, 4) is 6.07 Å². The number of rotatable bonds is 4. The largest absolute Gasteiger partial charge is 0.341 e. The van der Waals surface area contributed by atoms with Gasteiger partial charge in [0, 0.05) is 32.7 Å². The fourth-order valence-electron chi connectivity index (χ4n) is 5.82. The summed E-state index contributed by atoms with van der Waals surface area (Å²) in [5.74, 6) is 0.388. The molecule has 0 N–H and O–H groups in total. The maximum Gasteiger partial charge on any atom is 0.243 e. The normalized spacial score (nSPS) is 33.3. The standard InChI is InChI=1S/C21H32N4O2/c1-17-14-25(18(26)20(15-22)6-2-3-7-20)16-21(17)8-11-24(19(21)27)13-12-23-9-4-5-10-23/h17H,2-14,16H2,1H3/t17-,21-/m1/s1. The van der Waals surface area contributed by atoms with E-state index in [0.717, 1.165) is 52.0 Å². The Morgan fingerprint density at radius 3 is 2.48 bits per heavy atom. The molecule has 2 amide bonds. The van der Waals surface area contributed by atoms with Crippen molar-refractivity contribution >= 4 is 11.8 Å². The summed E-state index contributed by atoms with van der Waals surface area (Å²) in [6.07, 6.45) is 6.65. The van der Waals surface area contributed by atoms with E-state index in [1.807, 2.05) is 9.80 Å². The van der Waals surface area contributed by atoms with Gasteiger partial charge in [-0.25, -0.2) is 0 Å². The predicted molar refractivity (Wildman–Crippen MR) is 102 cm³/mol. The van der Waals surface area contributed by atoms with Crippen LogP contribution in [0.4, 0.5) is 0 Å². The molecular weight excluding hydrogens is 340 g/mol. The van der Waals surface area contributed by atoms with Gasteiger partial charge in [-0.05, 0) is 51.1 Å². The molecule has 0 aromatic carbocycles. The highest BCUT2D eigenvalue weighted by molar-refractivity contribution is 5.90. The number of nitriles is 1. The van der Waals surface area contributed by atoms with Gasteiger partial charge in [-0.1, -0.05) is 19.8 Å². The molecule has 3 heterocycles. The molecule has 1 saturated carbocycles. The summed E-state index contributed by atoms with van der Waals surface area (Å²) in [7, 11) is 0. The second-order valence-corrected chi connectivity index (χ2v) is 9.23. The molecule has 4 rings (SSSR count). The zero-order valence-electron chi connectivity index (χ0n) is 16.6. The van der Waals surface area contributed by atoms with Gasteiger partial charge in [0.1, 0.15) is 5.41 Å². The summed E-state index contributed by atoms with van der Waals surface area (Å²) in [5.41, 5.74) is -1.25. The Hall–Kier alpha value is -1.61. The summed E-state index contributed by atoms with van der Waals surface area (Å²) in [4.78, 5) is 32.8. The first-order valence-electron chi connectivity index (χ1n) is 10.7. The lowest BCUT2D eigenvalue weighted by Gasteiger charge is -2.29. The Bertz CT molecular complexity index is 645. The van der Waals surface area contributed by atoms with Crippen LogP contribution in [0.5, 0.6) is 0 Å². The molecule has 6 heteroatoms. The van der Waals surface area contributed by atoms with E-state index in [1.54, 1.807) is 0 Å². The average molecular weight is 373 g/mol. The highest BCUT2D eigenvalue weighted by Gasteiger charge is 2.57.